The molecule has 2 aromatic rings. The van der Waals surface area contributed by atoms with Crippen molar-refractivity contribution in [2.24, 2.45) is 0 Å². The Morgan fingerprint density at radius 2 is 2.04 bits per heavy atom. The minimum atomic E-state index is -0.243. The first-order valence-corrected chi connectivity index (χ1v) is 9.55. The van der Waals surface area contributed by atoms with Crippen molar-refractivity contribution in [3.63, 3.8) is 0 Å². The monoisotopic (exact) mass is 372 g/mol. The van der Waals surface area contributed by atoms with Gasteiger partial charge in [0.2, 0.25) is 0 Å². The molecule has 1 atom stereocenters. The predicted octanol–water partition coefficient (Wildman–Crippen LogP) is 2.85. The third kappa shape index (κ3) is 5.48. The second kappa shape index (κ2) is 9.26. The van der Waals surface area contributed by atoms with Gasteiger partial charge in [0.05, 0.1) is 11.9 Å². The third-order valence-corrected chi connectivity index (χ3v) is 5.02. The van der Waals surface area contributed by atoms with E-state index in [0.717, 1.165) is 50.4 Å². The number of aromatic nitrogens is 2. The summed E-state index contributed by atoms with van der Waals surface area (Å²) in [5.74, 6) is -0.243. The van der Waals surface area contributed by atoms with Crippen LogP contribution >= 0.6 is 0 Å². The number of benzene rings is 1. The Balaban J connectivity index is 1.61. The van der Waals surface area contributed by atoms with Crippen LogP contribution in [0.2, 0.25) is 0 Å². The van der Waals surface area contributed by atoms with Crippen molar-refractivity contribution >= 4 is 0 Å². The zero-order valence-corrected chi connectivity index (χ0v) is 16.2. The summed E-state index contributed by atoms with van der Waals surface area (Å²) in [5, 5.41) is 13.8. The first-order chi connectivity index (χ1) is 13.0. The van der Waals surface area contributed by atoms with Crippen LogP contribution in [-0.2, 0) is 6.54 Å². The summed E-state index contributed by atoms with van der Waals surface area (Å²) in [4.78, 5) is 4.88. The largest absolute Gasteiger partial charge is 0.396 e. The molecule has 1 aromatic heterocycles. The lowest BCUT2D eigenvalue weighted by Crippen LogP contribution is -2.53. The number of aliphatic hydroxyl groups excluding tert-OH is 1. The molecule has 0 spiro atoms. The summed E-state index contributed by atoms with van der Waals surface area (Å²) in [7, 11) is 0. The van der Waals surface area contributed by atoms with E-state index < -0.39 is 0 Å². The molecule has 0 amide bonds. The number of hydrogen-bond acceptors (Lipinski definition) is 4. The molecule has 0 aliphatic carbocycles. The van der Waals surface area contributed by atoms with E-state index in [1.54, 1.807) is 16.8 Å². The smallest absolute Gasteiger partial charge is 0.123 e. The fourth-order valence-corrected chi connectivity index (χ4v) is 3.50. The van der Waals surface area contributed by atoms with E-state index in [-0.39, 0.29) is 12.4 Å². The molecule has 1 fully saturated rings. The van der Waals surface area contributed by atoms with E-state index in [2.05, 4.69) is 34.8 Å². The van der Waals surface area contributed by atoms with Gasteiger partial charge in [0.15, 0.2) is 0 Å². The number of piperazine rings is 1. The van der Waals surface area contributed by atoms with Crippen molar-refractivity contribution in [2.45, 2.75) is 32.9 Å². The maximum Gasteiger partial charge on any atom is 0.123 e. The van der Waals surface area contributed by atoms with Crippen LogP contribution in [0.1, 0.15) is 25.8 Å². The lowest BCUT2D eigenvalue weighted by Gasteiger charge is -2.41. The van der Waals surface area contributed by atoms with Gasteiger partial charge in [0.25, 0.3) is 0 Å². The molecule has 1 aromatic carbocycles. The van der Waals surface area contributed by atoms with Crippen molar-refractivity contribution in [1.82, 2.24) is 19.6 Å². The highest BCUT2D eigenvalue weighted by Gasteiger charge is 2.26. The summed E-state index contributed by atoms with van der Waals surface area (Å²) in [5.41, 5.74) is 3.32. The quantitative estimate of drug-likeness (QED) is 0.759. The maximum absolute atomic E-state index is 13.1. The van der Waals surface area contributed by atoms with Crippen LogP contribution < -0.4 is 0 Å². The Labute approximate surface area is 160 Å². The molecular formula is C21H29FN4O. The minimum Gasteiger partial charge on any atom is -0.396 e. The number of hydrogen-bond donors (Lipinski definition) is 1. The Kier molecular flexibility index (Phi) is 6.77. The van der Waals surface area contributed by atoms with Gasteiger partial charge in [-0.25, -0.2) is 9.07 Å². The summed E-state index contributed by atoms with van der Waals surface area (Å²) < 4.78 is 14.9. The number of nitrogens with zero attached hydrogens (tertiary/aromatic N) is 4. The van der Waals surface area contributed by atoms with Crippen LogP contribution in [0.3, 0.4) is 0 Å². The minimum absolute atomic E-state index is 0.215. The van der Waals surface area contributed by atoms with Crippen molar-refractivity contribution in [3.8, 4) is 5.69 Å². The van der Waals surface area contributed by atoms with E-state index in [9.17, 15) is 9.50 Å². The molecule has 2 heterocycles. The second-order valence-corrected chi connectivity index (χ2v) is 7.45. The van der Waals surface area contributed by atoms with Crippen molar-refractivity contribution < 1.29 is 9.50 Å². The fourth-order valence-electron chi connectivity index (χ4n) is 3.50. The Morgan fingerprint density at radius 3 is 2.74 bits per heavy atom. The lowest BCUT2D eigenvalue weighted by molar-refractivity contribution is 0.0636. The molecule has 1 aliphatic rings. The molecule has 27 heavy (non-hydrogen) atoms. The molecule has 0 unspecified atom stereocenters. The number of halogens is 1. The SMILES string of the molecule is CC(C)=CCN1CCN(Cc2cnn(-c3ccc(F)cc3)c2)C[C@@H]1CCO. The molecule has 1 saturated heterocycles. The van der Waals surface area contributed by atoms with E-state index in [4.69, 9.17) is 0 Å². The van der Waals surface area contributed by atoms with Gasteiger partial charge in [-0.15, -0.1) is 0 Å². The molecule has 0 saturated carbocycles. The number of allylic oxidation sites excluding steroid dienone is 1. The highest BCUT2D eigenvalue weighted by molar-refractivity contribution is 5.31. The van der Waals surface area contributed by atoms with Gasteiger partial charge in [-0.2, -0.15) is 5.10 Å². The average Bonchev–Trinajstić information content (AvgIpc) is 3.10. The van der Waals surface area contributed by atoms with Crippen LogP contribution in [0.5, 0.6) is 0 Å². The van der Waals surface area contributed by atoms with E-state index in [1.807, 2.05) is 12.4 Å². The van der Waals surface area contributed by atoms with E-state index >= 15 is 0 Å². The molecule has 0 bridgehead atoms. The van der Waals surface area contributed by atoms with Gasteiger partial charge in [-0.3, -0.25) is 9.80 Å². The van der Waals surface area contributed by atoms with Gasteiger partial charge in [-0.05, 0) is 44.5 Å². The zero-order chi connectivity index (χ0) is 19.2. The highest BCUT2D eigenvalue weighted by atomic mass is 19.1. The Hall–Kier alpha value is -2.02. The van der Waals surface area contributed by atoms with Crippen LogP contribution in [0.25, 0.3) is 5.69 Å². The number of rotatable bonds is 7. The van der Waals surface area contributed by atoms with E-state index in [1.165, 1.54) is 17.7 Å². The molecule has 5 nitrogen and oxygen atoms in total. The highest BCUT2D eigenvalue weighted by Crippen LogP contribution is 2.17. The normalized spacial score (nSPS) is 18.6. The lowest BCUT2D eigenvalue weighted by atomic mass is 10.1. The summed E-state index contributed by atoms with van der Waals surface area (Å²) in [6, 6.07) is 6.71. The van der Waals surface area contributed by atoms with Gasteiger partial charge in [0.1, 0.15) is 5.82 Å². The molecule has 0 radical (unpaired) electrons. The summed E-state index contributed by atoms with van der Waals surface area (Å²) in [6.45, 7) is 9.18. The fraction of sp³-hybridized carbons (Fsp3) is 0.476. The Morgan fingerprint density at radius 1 is 1.26 bits per heavy atom. The molecular weight excluding hydrogens is 343 g/mol. The number of aliphatic hydroxyl groups is 1. The zero-order valence-electron chi connectivity index (χ0n) is 16.2. The standard InChI is InChI=1S/C21H29FN4O/c1-17(2)7-9-25-11-10-24(16-21(25)8-12-27)14-18-13-23-26(15-18)20-5-3-19(22)4-6-20/h3-7,13,15,21,27H,8-12,14,16H2,1-2H3/t21-/m0/s1. The molecule has 146 valence electrons. The van der Waals surface area contributed by atoms with Crippen LogP contribution in [0.15, 0.2) is 48.3 Å². The van der Waals surface area contributed by atoms with Crippen LogP contribution in [0.4, 0.5) is 4.39 Å². The van der Waals surface area contributed by atoms with Crippen LogP contribution in [0, 0.1) is 5.82 Å². The topological polar surface area (TPSA) is 44.5 Å². The predicted molar refractivity (Wildman–Crippen MR) is 105 cm³/mol. The van der Waals surface area contributed by atoms with Gasteiger partial charge in [-0.1, -0.05) is 11.6 Å². The van der Waals surface area contributed by atoms with Crippen LogP contribution in [-0.4, -0.2) is 63.5 Å². The van der Waals surface area contributed by atoms with Gasteiger partial charge < -0.3 is 5.11 Å². The van der Waals surface area contributed by atoms with Crippen molar-refractivity contribution in [2.75, 3.05) is 32.8 Å². The summed E-state index contributed by atoms with van der Waals surface area (Å²) >= 11 is 0. The van der Waals surface area contributed by atoms with E-state index in [0.29, 0.717) is 6.04 Å². The van der Waals surface area contributed by atoms with Crippen molar-refractivity contribution in [3.05, 3.63) is 59.7 Å². The summed E-state index contributed by atoms with van der Waals surface area (Å²) in [6.07, 6.45) is 6.93. The van der Waals surface area contributed by atoms with Crippen molar-refractivity contribution in [1.29, 1.82) is 0 Å². The second-order valence-electron chi connectivity index (χ2n) is 7.45. The first-order valence-electron chi connectivity index (χ1n) is 9.55. The van der Waals surface area contributed by atoms with Gasteiger partial charge >= 0.3 is 0 Å². The molecule has 1 aliphatic heterocycles. The maximum atomic E-state index is 13.1. The molecule has 6 heteroatoms. The first kappa shape index (κ1) is 19.7. The third-order valence-electron chi connectivity index (χ3n) is 5.02. The Bertz CT molecular complexity index is 752. The molecule has 3 rings (SSSR count). The van der Waals surface area contributed by atoms with Gasteiger partial charge in [0, 0.05) is 57.1 Å². The molecule has 1 N–H and O–H groups in total. The average molecular weight is 372 g/mol.